The fourth-order valence-electron chi connectivity index (χ4n) is 2.67. The van der Waals surface area contributed by atoms with Gasteiger partial charge in [0.25, 0.3) is 0 Å². The summed E-state index contributed by atoms with van der Waals surface area (Å²) in [5.74, 6) is 0.957. The van der Waals surface area contributed by atoms with Gasteiger partial charge in [-0.05, 0) is 57.5 Å². The van der Waals surface area contributed by atoms with Gasteiger partial charge in [0.2, 0.25) is 0 Å². The number of nitrogens with zero attached hydrogens (tertiary/aromatic N) is 1. The van der Waals surface area contributed by atoms with Crippen molar-refractivity contribution in [3.8, 4) is 5.75 Å². The number of nitrogens with one attached hydrogen (secondary N) is 1. The van der Waals surface area contributed by atoms with E-state index in [4.69, 9.17) is 4.74 Å². The molecule has 1 aromatic rings. The average molecular weight is 262 g/mol. The lowest BCUT2D eigenvalue weighted by Crippen LogP contribution is -2.45. The number of rotatable bonds is 5. The average Bonchev–Trinajstić information content (AvgIpc) is 2.40. The molecule has 19 heavy (non-hydrogen) atoms. The first-order valence-corrected chi connectivity index (χ1v) is 7.44. The van der Waals surface area contributed by atoms with Gasteiger partial charge in [-0.1, -0.05) is 6.92 Å². The van der Waals surface area contributed by atoms with E-state index in [-0.39, 0.29) is 6.10 Å². The van der Waals surface area contributed by atoms with Crippen molar-refractivity contribution >= 4 is 5.69 Å². The van der Waals surface area contributed by atoms with E-state index in [9.17, 15) is 0 Å². The molecule has 0 bridgehead atoms. The molecule has 0 aliphatic carbocycles. The largest absolute Gasteiger partial charge is 0.491 e. The molecule has 0 spiro atoms. The Bertz CT molecular complexity index is 373. The predicted molar refractivity (Wildman–Crippen MR) is 81.1 cm³/mol. The van der Waals surface area contributed by atoms with E-state index >= 15 is 0 Å². The summed E-state index contributed by atoms with van der Waals surface area (Å²) in [5.41, 5.74) is 1.30. The molecule has 1 aromatic carbocycles. The summed E-state index contributed by atoms with van der Waals surface area (Å²) in [7, 11) is 0. The summed E-state index contributed by atoms with van der Waals surface area (Å²) in [6.45, 7) is 9.61. The van der Waals surface area contributed by atoms with Gasteiger partial charge >= 0.3 is 0 Å². The highest BCUT2D eigenvalue weighted by atomic mass is 16.5. The highest BCUT2D eigenvalue weighted by Crippen LogP contribution is 2.23. The van der Waals surface area contributed by atoms with Gasteiger partial charge in [0.05, 0.1) is 6.10 Å². The second-order valence-electron chi connectivity index (χ2n) is 5.50. The van der Waals surface area contributed by atoms with Crippen LogP contribution in [0, 0.1) is 0 Å². The normalized spacial score (nSPS) is 19.8. The van der Waals surface area contributed by atoms with Crippen molar-refractivity contribution in [2.75, 3.05) is 24.5 Å². The summed E-state index contributed by atoms with van der Waals surface area (Å²) in [6.07, 6.45) is 2.79. The van der Waals surface area contributed by atoms with E-state index in [1.807, 2.05) is 0 Å². The number of hydrogen-bond acceptors (Lipinski definition) is 3. The van der Waals surface area contributed by atoms with Gasteiger partial charge in [0, 0.05) is 24.8 Å². The monoisotopic (exact) mass is 262 g/mol. The van der Waals surface area contributed by atoms with Gasteiger partial charge in [-0.15, -0.1) is 0 Å². The Morgan fingerprint density at radius 1 is 1.32 bits per heavy atom. The molecule has 1 fully saturated rings. The van der Waals surface area contributed by atoms with E-state index in [2.05, 4.69) is 55.3 Å². The molecule has 1 unspecified atom stereocenters. The minimum atomic E-state index is 0.235. The molecule has 2 rings (SSSR count). The maximum absolute atomic E-state index is 5.69. The van der Waals surface area contributed by atoms with Crippen LogP contribution in [0.25, 0.3) is 0 Å². The fraction of sp³-hybridized carbons (Fsp3) is 0.625. The fourth-order valence-corrected chi connectivity index (χ4v) is 2.67. The molecule has 106 valence electrons. The van der Waals surface area contributed by atoms with Crippen LogP contribution in [0.2, 0.25) is 0 Å². The first kappa shape index (κ1) is 14.2. The number of piperidine rings is 1. The summed E-state index contributed by atoms with van der Waals surface area (Å²) < 4.78 is 5.69. The van der Waals surface area contributed by atoms with Crippen LogP contribution < -0.4 is 15.0 Å². The highest BCUT2D eigenvalue weighted by molar-refractivity contribution is 5.49. The summed E-state index contributed by atoms with van der Waals surface area (Å²) in [6, 6.07) is 9.13. The van der Waals surface area contributed by atoms with Crippen molar-refractivity contribution in [1.82, 2.24) is 5.32 Å². The second-order valence-corrected chi connectivity index (χ2v) is 5.50. The molecule has 3 nitrogen and oxygen atoms in total. The summed E-state index contributed by atoms with van der Waals surface area (Å²) in [5, 5.41) is 3.56. The van der Waals surface area contributed by atoms with Gasteiger partial charge in [0.15, 0.2) is 0 Å². The second kappa shape index (κ2) is 6.80. The molecule has 1 aliphatic rings. The molecule has 1 N–H and O–H groups in total. The number of ether oxygens (including phenoxy) is 1. The number of hydrogen-bond donors (Lipinski definition) is 1. The van der Waals surface area contributed by atoms with Crippen LogP contribution in [-0.2, 0) is 0 Å². The van der Waals surface area contributed by atoms with Crippen molar-refractivity contribution in [3.05, 3.63) is 24.3 Å². The number of benzene rings is 1. The minimum Gasteiger partial charge on any atom is -0.491 e. The van der Waals surface area contributed by atoms with E-state index in [1.54, 1.807) is 0 Å². The van der Waals surface area contributed by atoms with Gasteiger partial charge in [-0.3, -0.25) is 0 Å². The van der Waals surface area contributed by atoms with Crippen LogP contribution >= 0.6 is 0 Å². The molecule has 0 saturated carbocycles. The zero-order valence-corrected chi connectivity index (χ0v) is 12.4. The summed E-state index contributed by atoms with van der Waals surface area (Å²) >= 11 is 0. The van der Waals surface area contributed by atoms with Gasteiger partial charge in [0.1, 0.15) is 5.75 Å². The lowest BCUT2D eigenvalue weighted by Gasteiger charge is -2.34. The van der Waals surface area contributed by atoms with Gasteiger partial charge in [-0.2, -0.15) is 0 Å². The molecule has 0 amide bonds. The van der Waals surface area contributed by atoms with E-state index in [0.29, 0.717) is 6.04 Å². The van der Waals surface area contributed by atoms with Crippen LogP contribution in [0.15, 0.2) is 24.3 Å². The summed E-state index contributed by atoms with van der Waals surface area (Å²) in [4.78, 5) is 2.47. The first-order chi connectivity index (χ1) is 9.19. The Morgan fingerprint density at radius 2 is 2.05 bits per heavy atom. The van der Waals surface area contributed by atoms with Crippen molar-refractivity contribution in [2.24, 2.45) is 0 Å². The quantitative estimate of drug-likeness (QED) is 0.882. The molecule has 1 heterocycles. The molecule has 1 atom stereocenters. The zero-order valence-electron chi connectivity index (χ0n) is 12.4. The molecule has 1 aliphatic heterocycles. The molecule has 3 heteroatoms. The van der Waals surface area contributed by atoms with Crippen LogP contribution in [0.1, 0.15) is 33.6 Å². The third-order valence-corrected chi connectivity index (χ3v) is 3.49. The topological polar surface area (TPSA) is 24.5 Å². The maximum atomic E-state index is 5.69. The Hall–Kier alpha value is -1.22. The Balaban J connectivity index is 1.97. The van der Waals surface area contributed by atoms with Gasteiger partial charge < -0.3 is 15.0 Å². The van der Waals surface area contributed by atoms with Crippen molar-refractivity contribution < 1.29 is 4.74 Å². The van der Waals surface area contributed by atoms with E-state index in [1.165, 1.54) is 18.5 Å². The van der Waals surface area contributed by atoms with Crippen molar-refractivity contribution in [2.45, 2.75) is 45.8 Å². The SMILES string of the molecule is CCNC1CCCN(c2ccc(OC(C)C)cc2)C1. The smallest absolute Gasteiger partial charge is 0.119 e. The molecule has 1 saturated heterocycles. The van der Waals surface area contributed by atoms with Gasteiger partial charge in [-0.25, -0.2) is 0 Å². The van der Waals surface area contributed by atoms with Crippen LogP contribution in [0.4, 0.5) is 5.69 Å². The zero-order chi connectivity index (χ0) is 13.7. The lowest BCUT2D eigenvalue weighted by atomic mass is 10.0. The molecule has 0 radical (unpaired) electrons. The van der Waals surface area contributed by atoms with Crippen molar-refractivity contribution in [3.63, 3.8) is 0 Å². The van der Waals surface area contributed by atoms with E-state index < -0.39 is 0 Å². The predicted octanol–water partition coefficient (Wildman–Crippen LogP) is 3.05. The molecular formula is C16H26N2O. The van der Waals surface area contributed by atoms with Crippen LogP contribution in [-0.4, -0.2) is 31.8 Å². The van der Waals surface area contributed by atoms with Crippen molar-refractivity contribution in [1.29, 1.82) is 0 Å². The first-order valence-electron chi connectivity index (χ1n) is 7.44. The third-order valence-electron chi connectivity index (χ3n) is 3.49. The van der Waals surface area contributed by atoms with Crippen LogP contribution in [0.5, 0.6) is 5.75 Å². The highest BCUT2D eigenvalue weighted by Gasteiger charge is 2.19. The number of anilines is 1. The minimum absolute atomic E-state index is 0.235. The Kier molecular flexibility index (Phi) is 5.08. The number of likely N-dealkylation sites (N-methyl/N-ethyl adjacent to an activating group) is 1. The Labute approximate surface area is 116 Å². The standard InChI is InChI=1S/C16H26N2O/c1-4-17-14-6-5-11-18(12-14)15-7-9-16(10-8-15)19-13(2)3/h7-10,13-14,17H,4-6,11-12H2,1-3H3. The molecule has 0 aromatic heterocycles. The van der Waals surface area contributed by atoms with Crippen LogP contribution in [0.3, 0.4) is 0 Å². The maximum Gasteiger partial charge on any atom is 0.119 e. The molecular weight excluding hydrogens is 236 g/mol. The third kappa shape index (κ3) is 4.13. The van der Waals surface area contributed by atoms with E-state index in [0.717, 1.165) is 25.4 Å². The Morgan fingerprint density at radius 3 is 2.68 bits per heavy atom. The lowest BCUT2D eigenvalue weighted by molar-refractivity contribution is 0.242.